The number of hydrogen-bond donors (Lipinski definition) is 1. The summed E-state index contributed by atoms with van der Waals surface area (Å²) in [6, 6.07) is 6.48. The molecule has 0 spiro atoms. The van der Waals surface area contributed by atoms with Crippen LogP contribution in [0.15, 0.2) is 18.2 Å². The zero-order valence-corrected chi connectivity index (χ0v) is 12.2. The molecule has 0 bridgehead atoms. The van der Waals surface area contributed by atoms with E-state index in [9.17, 15) is 4.79 Å². The van der Waals surface area contributed by atoms with Crippen molar-refractivity contribution in [1.82, 2.24) is 5.32 Å². The Morgan fingerprint density at radius 1 is 1.37 bits per heavy atom. The molecule has 0 aromatic heterocycles. The van der Waals surface area contributed by atoms with Gasteiger partial charge in [-0.3, -0.25) is 4.79 Å². The Hall–Kier alpha value is -1.55. The van der Waals surface area contributed by atoms with Gasteiger partial charge in [0.1, 0.15) is 5.75 Å². The van der Waals surface area contributed by atoms with Gasteiger partial charge in [-0.1, -0.05) is 32.0 Å². The van der Waals surface area contributed by atoms with Gasteiger partial charge < -0.3 is 14.8 Å². The first kappa shape index (κ1) is 15.5. The van der Waals surface area contributed by atoms with E-state index in [1.807, 2.05) is 25.1 Å². The number of ether oxygens (including phenoxy) is 2. The number of benzene rings is 1. The number of hydrogen-bond acceptors (Lipinski definition) is 4. The molecule has 0 aliphatic heterocycles. The first-order valence-corrected chi connectivity index (χ1v) is 6.56. The van der Waals surface area contributed by atoms with Crippen LogP contribution in [0.1, 0.15) is 31.4 Å². The molecule has 0 atom stereocenters. The van der Waals surface area contributed by atoms with E-state index in [4.69, 9.17) is 4.74 Å². The van der Waals surface area contributed by atoms with Crippen LogP contribution in [-0.4, -0.2) is 25.7 Å². The topological polar surface area (TPSA) is 47.6 Å². The van der Waals surface area contributed by atoms with Gasteiger partial charge >= 0.3 is 5.97 Å². The molecule has 0 fully saturated rings. The normalized spacial score (nSPS) is 10.6. The molecule has 19 heavy (non-hydrogen) atoms. The lowest BCUT2D eigenvalue weighted by atomic mass is 10.1. The SMILES string of the molecule is COC(=O)CCOc1c(C)cccc1CNC(C)C. The molecule has 0 amide bonds. The summed E-state index contributed by atoms with van der Waals surface area (Å²) < 4.78 is 10.3. The van der Waals surface area contributed by atoms with E-state index in [0.29, 0.717) is 12.6 Å². The Kier molecular flexibility index (Phi) is 6.36. The minimum atomic E-state index is -0.254. The Balaban J connectivity index is 2.66. The number of para-hydroxylation sites is 1. The average molecular weight is 265 g/mol. The van der Waals surface area contributed by atoms with Crippen LogP contribution in [0.2, 0.25) is 0 Å². The molecular formula is C15H23NO3. The van der Waals surface area contributed by atoms with Gasteiger partial charge in [-0.25, -0.2) is 0 Å². The summed E-state index contributed by atoms with van der Waals surface area (Å²) in [6.45, 7) is 7.31. The van der Waals surface area contributed by atoms with E-state index in [1.165, 1.54) is 7.11 Å². The van der Waals surface area contributed by atoms with Crippen molar-refractivity contribution in [2.75, 3.05) is 13.7 Å². The standard InChI is InChI=1S/C15H23NO3/c1-11(2)16-10-13-7-5-6-12(3)15(13)19-9-8-14(17)18-4/h5-7,11,16H,8-10H2,1-4H3. The summed E-state index contributed by atoms with van der Waals surface area (Å²) in [5.41, 5.74) is 2.19. The molecule has 4 nitrogen and oxygen atoms in total. The average Bonchev–Trinajstić information content (AvgIpc) is 2.38. The van der Waals surface area contributed by atoms with Gasteiger partial charge in [0.2, 0.25) is 0 Å². The quantitative estimate of drug-likeness (QED) is 0.769. The third-order valence-electron chi connectivity index (χ3n) is 2.77. The van der Waals surface area contributed by atoms with Gasteiger partial charge in [-0.2, -0.15) is 0 Å². The van der Waals surface area contributed by atoms with Crippen molar-refractivity contribution < 1.29 is 14.3 Å². The first-order chi connectivity index (χ1) is 9.04. The number of methoxy groups -OCH3 is 1. The van der Waals surface area contributed by atoms with Crippen LogP contribution < -0.4 is 10.1 Å². The number of rotatable bonds is 7. The van der Waals surface area contributed by atoms with E-state index in [0.717, 1.165) is 23.4 Å². The van der Waals surface area contributed by atoms with Crippen molar-refractivity contribution >= 4 is 5.97 Å². The van der Waals surface area contributed by atoms with Gasteiger partial charge in [-0.05, 0) is 12.5 Å². The predicted molar refractivity (Wildman–Crippen MR) is 75.3 cm³/mol. The van der Waals surface area contributed by atoms with Crippen LogP contribution in [0.25, 0.3) is 0 Å². The minimum absolute atomic E-state index is 0.254. The highest BCUT2D eigenvalue weighted by Crippen LogP contribution is 2.23. The maximum absolute atomic E-state index is 11.1. The molecule has 1 rings (SSSR count). The maximum atomic E-state index is 11.1. The molecule has 0 aliphatic carbocycles. The zero-order valence-electron chi connectivity index (χ0n) is 12.2. The van der Waals surface area contributed by atoms with Gasteiger partial charge in [0.25, 0.3) is 0 Å². The monoisotopic (exact) mass is 265 g/mol. The van der Waals surface area contributed by atoms with Crippen LogP contribution in [-0.2, 0) is 16.1 Å². The van der Waals surface area contributed by atoms with Crippen molar-refractivity contribution in [3.05, 3.63) is 29.3 Å². The van der Waals surface area contributed by atoms with E-state index in [1.54, 1.807) is 0 Å². The number of esters is 1. The molecule has 0 saturated carbocycles. The number of carbonyl (C=O) groups excluding carboxylic acids is 1. The van der Waals surface area contributed by atoms with Gasteiger partial charge in [0.05, 0.1) is 20.1 Å². The van der Waals surface area contributed by atoms with Crippen molar-refractivity contribution in [2.24, 2.45) is 0 Å². The summed E-state index contributed by atoms with van der Waals surface area (Å²) in [7, 11) is 1.38. The van der Waals surface area contributed by atoms with E-state index < -0.39 is 0 Å². The van der Waals surface area contributed by atoms with Crippen molar-refractivity contribution in [3.63, 3.8) is 0 Å². The Morgan fingerprint density at radius 3 is 2.74 bits per heavy atom. The molecule has 4 heteroatoms. The lowest BCUT2D eigenvalue weighted by Gasteiger charge is -2.15. The molecule has 0 heterocycles. The molecule has 0 aliphatic rings. The highest BCUT2D eigenvalue weighted by Gasteiger charge is 2.08. The van der Waals surface area contributed by atoms with Crippen molar-refractivity contribution in [2.45, 2.75) is 39.8 Å². The van der Waals surface area contributed by atoms with Crippen LogP contribution in [0.5, 0.6) is 5.75 Å². The van der Waals surface area contributed by atoms with Gasteiger partial charge in [0.15, 0.2) is 0 Å². The predicted octanol–water partition coefficient (Wildman–Crippen LogP) is 2.43. The third-order valence-corrected chi connectivity index (χ3v) is 2.77. The van der Waals surface area contributed by atoms with Crippen LogP contribution in [0, 0.1) is 6.92 Å². The van der Waals surface area contributed by atoms with E-state index >= 15 is 0 Å². The molecule has 1 aromatic rings. The second-order valence-corrected chi connectivity index (χ2v) is 4.77. The molecule has 106 valence electrons. The smallest absolute Gasteiger partial charge is 0.308 e. The molecular weight excluding hydrogens is 242 g/mol. The van der Waals surface area contributed by atoms with Crippen molar-refractivity contribution in [3.8, 4) is 5.75 Å². The fourth-order valence-corrected chi connectivity index (χ4v) is 1.71. The summed E-state index contributed by atoms with van der Waals surface area (Å²) in [5, 5.41) is 3.37. The molecule has 0 unspecified atom stereocenters. The molecule has 1 aromatic carbocycles. The number of aryl methyl sites for hydroxylation is 1. The van der Waals surface area contributed by atoms with Crippen molar-refractivity contribution in [1.29, 1.82) is 0 Å². The molecule has 0 saturated heterocycles. The second kappa shape index (κ2) is 7.79. The van der Waals surface area contributed by atoms with Crippen LogP contribution in [0.3, 0.4) is 0 Å². The Labute approximate surface area is 115 Å². The molecule has 1 N–H and O–H groups in total. The summed E-state index contributed by atoms with van der Waals surface area (Å²) in [6.07, 6.45) is 0.266. The lowest BCUT2D eigenvalue weighted by molar-refractivity contribution is -0.141. The summed E-state index contributed by atoms with van der Waals surface area (Å²) >= 11 is 0. The second-order valence-electron chi connectivity index (χ2n) is 4.77. The fraction of sp³-hybridized carbons (Fsp3) is 0.533. The fourth-order valence-electron chi connectivity index (χ4n) is 1.71. The largest absolute Gasteiger partial charge is 0.492 e. The summed E-state index contributed by atoms with van der Waals surface area (Å²) in [5.74, 6) is 0.606. The molecule has 0 radical (unpaired) electrons. The zero-order chi connectivity index (χ0) is 14.3. The number of nitrogens with one attached hydrogen (secondary N) is 1. The van der Waals surface area contributed by atoms with E-state index in [-0.39, 0.29) is 12.4 Å². The minimum Gasteiger partial charge on any atom is -0.492 e. The van der Waals surface area contributed by atoms with Gasteiger partial charge in [0, 0.05) is 18.2 Å². The van der Waals surface area contributed by atoms with Crippen LogP contribution >= 0.6 is 0 Å². The summed E-state index contributed by atoms with van der Waals surface area (Å²) in [4.78, 5) is 11.1. The van der Waals surface area contributed by atoms with Crippen LogP contribution in [0.4, 0.5) is 0 Å². The highest BCUT2D eigenvalue weighted by molar-refractivity contribution is 5.69. The Bertz CT molecular complexity index is 416. The Morgan fingerprint density at radius 2 is 2.11 bits per heavy atom. The van der Waals surface area contributed by atoms with Gasteiger partial charge in [-0.15, -0.1) is 0 Å². The third kappa shape index (κ3) is 5.30. The lowest BCUT2D eigenvalue weighted by Crippen LogP contribution is -2.22. The maximum Gasteiger partial charge on any atom is 0.308 e. The van der Waals surface area contributed by atoms with E-state index in [2.05, 4.69) is 23.9 Å². The first-order valence-electron chi connectivity index (χ1n) is 6.56. The number of carbonyl (C=O) groups is 1. The highest BCUT2D eigenvalue weighted by atomic mass is 16.5.